The highest BCUT2D eigenvalue weighted by atomic mass is 16.5. The summed E-state index contributed by atoms with van der Waals surface area (Å²) in [5.41, 5.74) is 2.19. The molecule has 1 aliphatic heterocycles. The lowest BCUT2D eigenvalue weighted by Gasteiger charge is -2.18. The number of methoxy groups -OCH3 is 4. The molecule has 0 aliphatic carbocycles. The molecule has 0 saturated carbocycles. The minimum atomic E-state index is -0.0158. The number of rotatable bonds is 6. The molecule has 27 heavy (non-hydrogen) atoms. The van der Waals surface area contributed by atoms with Crippen molar-refractivity contribution in [3.05, 3.63) is 47.5 Å². The largest absolute Gasteiger partial charge is 0.493 e. The average Bonchev–Trinajstić information content (AvgIpc) is 3.01. The van der Waals surface area contributed by atoms with E-state index in [9.17, 15) is 0 Å². The minimum Gasteiger partial charge on any atom is -0.493 e. The summed E-state index contributed by atoms with van der Waals surface area (Å²) in [4.78, 5) is 0. The van der Waals surface area contributed by atoms with Crippen molar-refractivity contribution >= 4 is 0 Å². The summed E-state index contributed by atoms with van der Waals surface area (Å²) in [6, 6.07) is 12.0. The summed E-state index contributed by atoms with van der Waals surface area (Å²) in [6.07, 6.45) is -0.0317. The molecule has 1 fully saturated rings. The molecule has 3 rings (SSSR count). The zero-order chi connectivity index (χ0) is 19.6. The van der Waals surface area contributed by atoms with Crippen molar-refractivity contribution in [2.75, 3.05) is 28.4 Å². The second-order valence-electron chi connectivity index (χ2n) is 6.92. The predicted octanol–water partition coefficient (Wildman–Crippen LogP) is 4.81. The fourth-order valence-corrected chi connectivity index (χ4v) is 3.78. The van der Waals surface area contributed by atoms with E-state index >= 15 is 0 Å². The van der Waals surface area contributed by atoms with Crippen LogP contribution in [-0.4, -0.2) is 28.4 Å². The standard InChI is InChI=1S/C22H28O5/c1-13-14(2)22(16-8-10-18(24-4)20(12-16)26-6)27-21(13)15-7-9-17(23-3)19(11-15)25-5/h7-14,21-22H,1-6H3/t13-,14-,21-,22?/m1/s1. The van der Waals surface area contributed by atoms with Gasteiger partial charge in [0.1, 0.15) is 0 Å². The monoisotopic (exact) mass is 372 g/mol. The van der Waals surface area contributed by atoms with Gasteiger partial charge in [0.05, 0.1) is 40.6 Å². The highest BCUT2D eigenvalue weighted by molar-refractivity contribution is 5.45. The highest BCUT2D eigenvalue weighted by Crippen LogP contribution is 2.50. The third kappa shape index (κ3) is 3.56. The van der Waals surface area contributed by atoms with E-state index in [1.807, 2.05) is 36.4 Å². The Morgan fingerprint density at radius 2 is 0.963 bits per heavy atom. The first-order chi connectivity index (χ1) is 13.0. The van der Waals surface area contributed by atoms with Crippen molar-refractivity contribution in [1.82, 2.24) is 0 Å². The Balaban J connectivity index is 1.90. The van der Waals surface area contributed by atoms with Crippen molar-refractivity contribution in [2.45, 2.75) is 26.1 Å². The van der Waals surface area contributed by atoms with Crippen LogP contribution >= 0.6 is 0 Å². The lowest BCUT2D eigenvalue weighted by molar-refractivity contribution is 0.0288. The van der Waals surface area contributed by atoms with Crippen molar-refractivity contribution in [1.29, 1.82) is 0 Å². The molecule has 0 aromatic heterocycles. The Bertz CT molecular complexity index is 723. The molecule has 2 aromatic carbocycles. The molecule has 5 nitrogen and oxygen atoms in total. The fraction of sp³-hybridized carbons (Fsp3) is 0.455. The van der Waals surface area contributed by atoms with Crippen LogP contribution in [0, 0.1) is 11.8 Å². The predicted molar refractivity (Wildman–Crippen MR) is 104 cm³/mol. The van der Waals surface area contributed by atoms with Crippen LogP contribution in [0.4, 0.5) is 0 Å². The molecule has 1 saturated heterocycles. The minimum absolute atomic E-state index is 0.0158. The van der Waals surface area contributed by atoms with Gasteiger partial charge in [-0.1, -0.05) is 26.0 Å². The smallest absolute Gasteiger partial charge is 0.161 e. The van der Waals surface area contributed by atoms with Crippen LogP contribution in [0.15, 0.2) is 36.4 Å². The maximum Gasteiger partial charge on any atom is 0.161 e. The van der Waals surface area contributed by atoms with Crippen molar-refractivity contribution < 1.29 is 23.7 Å². The van der Waals surface area contributed by atoms with Crippen LogP contribution < -0.4 is 18.9 Å². The van der Waals surface area contributed by atoms with Crippen molar-refractivity contribution in [2.24, 2.45) is 11.8 Å². The van der Waals surface area contributed by atoms with Gasteiger partial charge in [-0.05, 0) is 47.2 Å². The molecule has 0 spiro atoms. The van der Waals surface area contributed by atoms with Gasteiger partial charge in [-0.2, -0.15) is 0 Å². The summed E-state index contributed by atoms with van der Waals surface area (Å²) < 4.78 is 28.1. The van der Waals surface area contributed by atoms with Gasteiger partial charge in [-0.15, -0.1) is 0 Å². The number of hydrogen-bond acceptors (Lipinski definition) is 5. The molecule has 0 radical (unpaired) electrons. The maximum absolute atomic E-state index is 6.51. The Morgan fingerprint density at radius 1 is 0.593 bits per heavy atom. The summed E-state index contributed by atoms with van der Waals surface area (Å²) in [7, 11) is 6.58. The van der Waals surface area contributed by atoms with Gasteiger partial charge in [0.15, 0.2) is 23.0 Å². The van der Waals surface area contributed by atoms with E-state index in [1.54, 1.807) is 28.4 Å². The quantitative estimate of drug-likeness (QED) is 0.728. The van der Waals surface area contributed by atoms with Crippen LogP contribution in [0.25, 0.3) is 0 Å². The molecule has 1 unspecified atom stereocenters. The first-order valence-corrected chi connectivity index (χ1v) is 9.13. The third-order valence-electron chi connectivity index (χ3n) is 5.55. The van der Waals surface area contributed by atoms with E-state index in [-0.39, 0.29) is 12.2 Å². The van der Waals surface area contributed by atoms with Crippen LogP contribution in [0.2, 0.25) is 0 Å². The van der Waals surface area contributed by atoms with Crippen LogP contribution in [0.5, 0.6) is 23.0 Å². The Kier molecular flexibility index (Phi) is 5.80. The van der Waals surface area contributed by atoms with Gasteiger partial charge in [0, 0.05) is 0 Å². The fourth-order valence-electron chi connectivity index (χ4n) is 3.78. The van der Waals surface area contributed by atoms with Gasteiger partial charge >= 0.3 is 0 Å². The maximum atomic E-state index is 6.51. The van der Waals surface area contributed by atoms with E-state index in [0.717, 1.165) is 22.6 Å². The Hall–Kier alpha value is -2.40. The topological polar surface area (TPSA) is 46.2 Å². The van der Waals surface area contributed by atoms with E-state index in [1.165, 1.54) is 0 Å². The number of ether oxygens (including phenoxy) is 5. The lowest BCUT2D eigenvalue weighted by atomic mass is 9.85. The van der Waals surface area contributed by atoms with Gasteiger partial charge in [-0.3, -0.25) is 0 Å². The number of benzene rings is 2. The molecular weight excluding hydrogens is 344 g/mol. The van der Waals surface area contributed by atoms with E-state index in [0.29, 0.717) is 23.3 Å². The zero-order valence-corrected chi connectivity index (χ0v) is 16.8. The summed E-state index contributed by atoms with van der Waals surface area (Å²) in [5.74, 6) is 3.57. The van der Waals surface area contributed by atoms with Gasteiger partial charge in [-0.25, -0.2) is 0 Å². The first-order valence-electron chi connectivity index (χ1n) is 9.13. The Labute approximate surface area is 161 Å². The van der Waals surface area contributed by atoms with Crippen molar-refractivity contribution in [3.8, 4) is 23.0 Å². The van der Waals surface area contributed by atoms with Crippen molar-refractivity contribution in [3.63, 3.8) is 0 Å². The third-order valence-corrected chi connectivity index (χ3v) is 5.55. The molecule has 5 heteroatoms. The molecular formula is C22H28O5. The molecule has 0 bridgehead atoms. The SMILES string of the molecule is COc1ccc(C2O[C@@H](c3ccc(OC)c(OC)c3)[C@H](C)[C@H]2C)cc1OC. The summed E-state index contributed by atoms with van der Waals surface area (Å²) >= 11 is 0. The van der Waals surface area contributed by atoms with Crippen LogP contribution in [0.3, 0.4) is 0 Å². The lowest BCUT2D eigenvalue weighted by Crippen LogP contribution is -2.10. The van der Waals surface area contributed by atoms with Gasteiger partial charge in [0.2, 0.25) is 0 Å². The second kappa shape index (κ2) is 8.09. The summed E-state index contributed by atoms with van der Waals surface area (Å²) in [5, 5.41) is 0. The van der Waals surface area contributed by atoms with E-state index in [4.69, 9.17) is 23.7 Å². The van der Waals surface area contributed by atoms with E-state index < -0.39 is 0 Å². The molecule has 0 N–H and O–H groups in total. The molecule has 2 aromatic rings. The first kappa shape index (κ1) is 19.4. The molecule has 1 aliphatic rings. The average molecular weight is 372 g/mol. The Morgan fingerprint density at radius 3 is 1.30 bits per heavy atom. The van der Waals surface area contributed by atoms with Crippen LogP contribution in [-0.2, 0) is 4.74 Å². The zero-order valence-electron chi connectivity index (χ0n) is 16.8. The molecule has 146 valence electrons. The van der Waals surface area contributed by atoms with Gasteiger partial charge < -0.3 is 23.7 Å². The normalized spacial score (nSPS) is 24.5. The highest BCUT2D eigenvalue weighted by Gasteiger charge is 2.41. The molecule has 1 heterocycles. The second-order valence-corrected chi connectivity index (χ2v) is 6.92. The summed E-state index contributed by atoms with van der Waals surface area (Å²) in [6.45, 7) is 4.46. The van der Waals surface area contributed by atoms with E-state index in [2.05, 4.69) is 13.8 Å². The number of hydrogen-bond donors (Lipinski definition) is 0. The van der Waals surface area contributed by atoms with Gasteiger partial charge in [0.25, 0.3) is 0 Å². The van der Waals surface area contributed by atoms with Crippen LogP contribution in [0.1, 0.15) is 37.2 Å². The molecule has 4 atom stereocenters. The molecule has 0 amide bonds.